The van der Waals surface area contributed by atoms with Gasteiger partial charge in [0.2, 0.25) is 5.91 Å². The molecule has 0 radical (unpaired) electrons. The zero-order valence-corrected chi connectivity index (χ0v) is 11.2. The summed E-state index contributed by atoms with van der Waals surface area (Å²) in [6, 6.07) is 3.66. The average molecular weight is 253 g/mol. The van der Waals surface area contributed by atoms with E-state index in [0.717, 1.165) is 11.1 Å². The fraction of sp³-hybridized carbons (Fsp3) is 0.462. The number of benzene rings is 1. The largest absolute Gasteiger partial charge is 0.497 e. The van der Waals surface area contributed by atoms with E-state index in [1.54, 1.807) is 27.3 Å². The second-order valence-electron chi connectivity index (χ2n) is 4.03. The van der Waals surface area contributed by atoms with Crippen molar-refractivity contribution in [2.24, 2.45) is 0 Å². The Labute approximate surface area is 107 Å². The molecule has 5 heteroatoms. The van der Waals surface area contributed by atoms with Gasteiger partial charge in [-0.2, -0.15) is 0 Å². The van der Waals surface area contributed by atoms with Crippen molar-refractivity contribution in [2.45, 2.75) is 13.5 Å². The molecule has 0 aromatic heterocycles. The highest BCUT2D eigenvalue weighted by Gasteiger charge is 2.14. The zero-order valence-electron chi connectivity index (χ0n) is 11.2. The zero-order chi connectivity index (χ0) is 13.7. The summed E-state index contributed by atoms with van der Waals surface area (Å²) in [7, 11) is 4.81. The average Bonchev–Trinajstić information content (AvgIpc) is 2.39. The number of aliphatic hydroxyl groups is 1. The standard InChI is InChI=1S/C13H19NO4/c1-9-5-10(17-3)6-12(18-4)11(9)7-14(2)13(16)8-15/h5-6,15H,7-8H2,1-4H3. The highest BCUT2D eigenvalue weighted by Crippen LogP contribution is 2.29. The van der Waals surface area contributed by atoms with Gasteiger partial charge in [0.25, 0.3) is 0 Å². The van der Waals surface area contributed by atoms with Crippen molar-refractivity contribution in [3.05, 3.63) is 23.3 Å². The van der Waals surface area contributed by atoms with Crippen LogP contribution in [-0.2, 0) is 11.3 Å². The summed E-state index contributed by atoms with van der Waals surface area (Å²) in [6.45, 7) is 1.82. The molecule has 0 aliphatic rings. The number of ether oxygens (including phenoxy) is 2. The lowest BCUT2D eigenvalue weighted by atomic mass is 10.1. The van der Waals surface area contributed by atoms with Crippen molar-refractivity contribution in [1.29, 1.82) is 0 Å². The van der Waals surface area contributed by atoms with Crippen molar-refractivity contribution < 1.29 is 19.4 Å². The van der Waals surface area contributed by atoms with Gasteiger partial charge in [-0.3, -0.25) is 4.79 Å². The Kier molecular flexibility index (Phi) is 4.97. The maximum absolute atomic E-state index is 11.4. The Bertz CT molecular complexity index is 431. The van der Waals surface area contributed by atoms with E-state index < -0.39 is 6.61 Å². The van der Waals surface area contributed by atoms with Crippen LogP contribution in [0.4, 0.5) is 0 Å². The number of aryl methyl sites for hydroxylation is 1. The SMILES string of the molecule is COc1cc(C)c(CN(C)C(=O)CO)c(OC)c1. The first kappa shape index (κ1) is 14.3. The van der Waals surface area contributed by atoms with E-state index in [0.29, 0.717) is 18.0 Å². The number of likely N-dealkylation sites (N-methyl/N-ethyl adjacent to an activating group) is 1. The van der Waals surface area contributed by atoms with E-state index in [1.165, 1.54) is 4.90 Å². The summed E-state index contributed by atoms with van der Waals surface area (Å²) >= 11 is 0. The Morgan fingerprint density at radius 2 is 2.00 bits per heavy atom. The van der Waals surface area contributed by atoms with Gasteiger partial charge in [-0.15, -0.1) is 0 Å². The lowest BCUT2D eigenvalue weighted by Crippen LogP contribution is -2.29. The second-order valence-corrected chi connectivity index (χ2v) is 4.03. The molecule has 0 bridgehead atoms. The molecule has 1 amide bonds. The van der Waals surface area contributed by atoms with Crippen molar-refractivity contribution in [2.75, 3.05) is 27.9 Å². The molecule has 1 aromatic carbocycles. The molecular weight excluding hydrogens is 234 g/mol. The first-order valence-electron chi connectivity index (χ1n) is 5.59. The van der Waals surface area contributed by atoms with Crippen LogP contribution in [0.3, 0.4) is 0 Å². The second kappa shape index (κ2) is 6.26. The fourth-order valence-electron chi connectivity index (χ4n) is 1.70. The predicted octanol–water partition coefficient (Wildman–Crippen LogP) is 0.963. The van der Waals surface area contributed by atoms with E-state index in [4.69, 9.17) is 14.6 Å². The number of amides is 1. The van der Waals surface area contributed by atoms with Crippen LogP contribution in [0.1, 0.15) is 11.1 Å². The van der Waals surface area contributed by atoms with Crippen molar-refractivity contribution in [1.82, 2.24) is 4.90 Å². The topological polar surface area (TPSA) is 59.0 Å². The first-order valence-corrected chi connectivity index (χ1v) is 5.59. The van der Waals surface area contributed by atoms with Crippen molar-refractivity contribution in [3.8, 4) is 11.5 Å². The van der Waals surface area contributed by atoms with Crippen LogP contribution in [0.15, 0.2) is 12.1 Å². The van der Waals surface area contributed by atoms with Gasteiger partial charge in [-0.25, -0.2) is 0 Å². The van der Waals surface area contributed by atoms with Crippen LogP contribution in [0, 0.1) is 6.92 Å². The number of hydrogen-bond donors (Lipinski definition) is 1. The molecule has 100 valence electrons. The Balaban J connectivity index is 3.04. The minimum Gasteiger partial charge on any atom is -0.497 e. The summed E-state index contributed by atoms with van der Waals surface area (Å²) in [4.78, 5) is 12.8. The molecule has 5 nitrogen and oxygen atoms in total. The minimum atomic E-state index is -0.492. The van der Waals surface area contributed by atoms with Gasteiger partial charge in [0, 0.05) is 25.2 Å². The molecular formula is C13H19NO4. The number of aliphatic hydroxyl groups excluding tert-OH is 1. The van der Waals surface area contributed by atoms with Crippen LogP contribution in [0.2, 0.25) is 0 Å². The third-order valence-corrected chi connectivity index (χ3v) is 2.82. The molecule has 1 N–H and O–H groups in total. The molecule has 0 atom stereocenters. The Morgan fingerprint density at radius 3 is 2.50 bits per heavy atom. The number of rotatable bonds is 5. The van der Waals surface area contributed by atoms with Gasteiger partial charge in [-0.05, 0) is 18.6 Å². The monoisotopic (exact) mass is 253 g/mol. The Morgan fingerprint density at radius 1 is 1.33 bits per heavy atom. The lowest BCUT2D eigenvalue weighted by Gasteiger charge is -2.20. The molecule has 0 unspecified atom stereocenters. The third kappa shape index (κ3) is 3.13. The summed E-state index contributed by atoms with van der Waals surface area (Å²) in [5.41, 5.74) is 1.88. The van der Waals surface area contributed by atoms with Gasteiger partial charge in [0.05, 0.1) is 14.2 Å². The van der Waals surface area contributed by atoms with Gasteiger partial charge >= 0.3 is 0 Å². The number of carbonyl (C=O) groups is 1. The molecule has 0 heterocycles. The summed E-state index contributed by atoms with van der Waals surface area (Å²) in [5.74, 6) is 1.06. The molecule has 0 spiro atoms. The molecule has 1 aromatic rings. The van der Waals surface area contributed by atoms with Crippen molar-refractivity contribution in [3.63, 3.8) is 0 Å². The minimum absolute atomic E-state index is 0.327. The van der Waals surface area contributed by atoms with E-state index >= 15 is 0 Å². The van der Waals surface area contributed by atoms with E-state index in [-0.39, 0.29) is 5.91 Å². The third-order valence-electron chi connectivity index (χ3n) is 2.82. The maximum Gasteiger partial charge on any atom is 0.248 e. The summed E-state index contributed by atoms with van der Waals surface area (Å²) in [6.07, 6.45) is 0. The van der Waals surface area contributed by atoms with Gasteiger partial charge < -0.3 is 19.5 Å². The van der Waals surface area contributed by atoms with Crippen LogP contribution in [0.25, 0.3) is 0 Å². The number of methoxy groups -OCH3 is 2. The number of hydrogen-bond acceptors (Lipinski definition) is 4. The van der Waals surface area contributed by atoms with Gasteiger partial charge in [-0.1, -0.05) is 0 Å². The Hall–Kier alpha value is -1.75. The maximum atomic E-state index is 11.4. The van der Waals surface area contributed by atoms with Crippen molar-refractivity contribution >= 4 is 5.91 Å². The van der Waals surface area contributed by atoms with Crippen LogP contribution < -0.4 is 9.47 Å². The predicted molar refractivity (Wildman–Crippen MR) is 67.8 cm³/mol. The molecule has 0 aliphatic carbocycles. The van der Waals surface area contributed by atoms with Crippen LogP contribution >= 0.6 is 0 Å². The summed E-state index contributed by atoms with van der Waals surface area (Å²) < 4.78 is 10.5. The van der Waals surface area contributed by atoms with E-state index in [2.05, 4.69) is 0 Å². The molecule has 0 fully saturated rings. The molecule has 0 aliphatic heterocycles. The van der Waals surface area contributed by atoms with Gasteiger partial charge in [0.15, 0.2) is 0 Å². The van der Waals surface area contributed by atoms with E-state index in [9.17, 15) is 4.79 Å². The smallest absolute Gasteiger partial charge is 0.248 e. The lowest BCUT2D eigenvalue weighted by molar-refractivity contribution is -0.133. The number of carbonyl (C=O) groups excluding carboxylic acids is 1. The molecule has 1 rings (SSSR count). The first-order chi connectivity index (χ1) is 8.53. The fourth-order valence-corrected chi connectivity index (χ4v) is 1.70. The van der Waals surface area contributed by atoms with E-state index in [1.807, 2.05) is 13.0 Å². The normalized spacial score (nSPS) is 10.1. The van der Waals surface area contributed by atoms with Crippen LogP contribution in [0.5, 0.6) is 11.5 Å². The van der Waals surface area contributed by atoms with Gasteiger partial charge in [0.1, 0.15) is 18.1 Å². The number of nitrogens with zero attached hydrogens (tertiary/aromatic N) is 1. The highest BCUT2D eigenvalue weighted by molar-refractivity contribution is 5.77. The van der Waals surface area contributed by atoms with Crippen LogP contribution in [-0.4, -0.2) is 43.8 Å². The molecule has 18 heavy (non-hydrogen) atoms. The molecule has 0 saturated carbocycles. The molecule has 0 saturated heterocycles. The quantitative estimate of drug-likeness (QED) is 0.849. The highest BCUT2D eigenvalue weighted by atomic mass is 16.5. The summed E-state index contributed by atoms with van der Waals surface area (Å²) in [5, 5.41) is 8.82.